The minimum absolute atomic E-state index is 0.0828. The highest BCUT2D eigenvalue weighted by atomic mass is 32.2. The number of ether oxygens (including phenoxy) is 2. The van der Waals surface area contributed by atoms with Crippen molar-refractivity contribution in [2.45, 2.75) is 43.7 Å². The molecule has 3 aromatic heterocycles. The normalized spacial score (nSPS) is 16.8. The van der Waals surface area contributed by atoms with Crippen LogP contribution in [0.3, 0.4) is 0 Å². The van der Waals surface area contributed by atoms with Crippen LogP contribution in [0.25, 0.3) is 16.8 Å². The molecule has 2 amide bonds. The van der Waals surface area contributed by atoms with Gasteiger partial charge < -0.3 is 19.2 Å². The first kappa shape index (κ1) is 23.5. The van der Waals surface area contributed by atoms with Crippen LogP contribution in [0.15, 0.2) is 47.9 Å². The lowest BCUT2D eigenvalue weighted by molar-refractivity contribution is 0.0165. The fourth-order valence-electron chi connectivity index (χ4n) is 5.16. The molecule has 1 atom stereocenters. The molecule has 6 rings (SSSR count). The van der Waals surface area contributed by atoms with E-state index in [0.29, 0.717) is 12.2 Å². The Morgan fingerprint density at radius 2 is 2.14 bits per heavy atom. The Kier molecular flexibility index (Phi) is 5.64. The Balaban J connectivity index is 1.33. The second-order valence-electron chi connectivity index (χ2n) is 9.27. The van der Waals surface area contributed by atoms with Crippen LogP contribution in [0.2, 0.25) is 0 Å². The van der Waals surface area contributed by atoms with Gasteiger partial charge in [-0.05, 0) is 55.0 Å². The number of nitrogens with zero attached hydrogens (tertiary/aromatic N) is 4. The summed E-state index contributed by atoms with van der Waals surface area (Å²) < 4.78 is 42.6. The smallest absolute Gasteiger partial charge is 0.333 e. The number of fused-ring (bicyclic) bond motifs is 3. The van der Waals surface area contributed by atoms with E-state index in [9.17, 15) is 13.2 Å². The van der Waals surface area contributed by atoms with Gasteiger partial charge in [0.2, 0.25) is 5.88 Å². The van der Waals surface area contributed by atoms with Gasteiger partial charge in [-0.2, -0.15) is 5.10 Å². The molecule has 1 unspecified atom stereocenters. The highest BCUT2D eigenvalue weighted by molar-refractivity contribution is 7.90. The summed E-state index contributed by atoms with van der Waals surface area (Å²) in [5, 5.41) is 6.96. The van der Waals surface area contributed by atoms with Crippen LogP contribution in [-0.4, -0.2) is 53.4 Å². The molecule has 4 heterocycles. The van der Waals surface area contributed by atoms with Crippen LogP contribution in [0.5, 0.6) is 5.88 Å². The molecule has 11 nitrogen and oxygen atoms in total. The third kappa shape index (κ3) is 4.11. The molecule has 1 aromatic carbocycles. The molecule has 37 heavy (non-hydrogen) atoms. The Morgan fingerprint density at radius 3 is 2.97 bits per heavy atom. The van der Waals surface area contributed by atoms with E-state index in [1.807, 2.05) is 35.9 Å². The number of carbonyl (C=O) groups is 1. The van der Waals surface area contributed by atoms with Crippen molar-refractivity contribution >= 4 is 27.4 Å². The number of benzene rings is 1. The zero-order valence-electron chi connectivity index (χ0n) is 20.4. The van der Waals surface area contributed by atoms with Crippen LogP contribution in [0, 0.1) is 6.92 Å². The van der Waals surface area contributed by atoms with Gasteiger partial charge in [0.1, 0.15) is 18.4 Å². The van der Waals surface area contributed by atoms with Crippen molar-refractivity contribution in [2.24, 2.45) is 0 Å². The number of anilines is 1. The van der Waals surface area contributed by atoms with Gasteiger partial charge in [0.25, 0.3) is 10.0 Å². The summed E-state index contributed by atoms with van der Waals surface area (Å²) in [5.41, 5.74) is 6.35. The lowest BCUT2D eigenvalue weighted by Gasteiger charge is -2.23. The zero-order valence-corrected chi connectivity index (χ0v) is 21.2. The quantitative estimate of drug-likeness (QED) is 0.412. The maximum absolute atomic E-state index is 13.2. The number of sulfonamides is 1. The summed E-state index contributed by atoms with van der Waals surface area (Å²) in [6.07, 6.45) is 9.16. The summed E-state index contributed by atoms with van der Waals surface area (Å²) >= 11 is 0. The monoisotopic (exact) mass is 522 g/mol. The third-order valence-corrected chi connectivity index (χ3v) is 8.22. The largest absolute Gasteiger partial charge is 0.474 e. The van der Waals surface area contributed by atoms with Gasteiger partial charge in [0.15, 0.2) is 4.90 Å². The fourth-order valence-corrected chi connectivity index (χ4v) is 6.15. The van der Waals surface area contributed by atoms with Crippen molar-refractivity contribution in [3.63, 3.8) is 0 Å². The van der Waals surface area contributed by atoms with Gasteiger partial charge in [-0.3, -0.25) is 0 Å². The van der Waals surface area contributed by atoms with Crippen LogP contribution in [-0.2, 0) is 34.1 Å². The van der Waals surface area contributed by atoms with Crippen LogP contribution < -0.4 is 14.8 Å². The standard InChI is InChI=1S/C25H26N6O5S/c1-15-10-16-4-3-5-19(16)23(22(15)17-6-7-21-26-8-9-30(21)12-17)28-25(32)29-37(33,34)20-11-27-31-13-18(35-2)14-36-24(20)31/h6-12,18H,3-5,13-14H2,1-2H3,(H2,28,29,32). The van der Waals surface area contributed by atoms with Gasteiger partial charge in [0.05, 0.1) is 18.4 Å². The maximum atomic E-state index is 13.2. The second kappa shape index (κ2) is 8.89. The fraction of sp³-hybridized carbons (Fsp3) is 0.320. The lowest BCUT2D eigenvalue weighted by atomic mass is 9.93. The number of nitrogens with one attached hydrogen (secondary N) is 2. The highest BCUT2D eigenvalue weighted by Gasteiger charge is 2.31. The minimum atomic E-state index is -4.25. The first-order valence-electron chi connectivity index (χ1n) is 12.0. The zero-order chi connectivity index (χ0) is 25.7. The molecular formula is C25H26N6O5S. The number of pyridine rings is 1. The van der Waals surface area contributed by atoms with Gasteiger partial charge in [-0.25, -0.2) is 27.6 Å². The molecule has 1 aliphatic heterocycles. The first-order chi connectivity index (χ1) is 17.8. The van der Waals surface area contributed by atoms with Crippen molar-refractivity contribution in [1.29, 1.82) is 0 Å². The van der Waals surface area contributed by atoms with Crippen LogP contribution in [0.4, 0.5) is 10.5 Å². The van der Waals surface area contributed by atoms with Crippen molar-refractivity contribution in [3.05, 3.63) is 59.7 Å². The molecule has 0 spiro atoms. The topological polar surface area (TPSA) is 129 Å². The number of urea groups is 1. The van der Waals surface area contributed by atoms with E-state index in [2.05, 4.69) is 26.2 Å². The molecule has 0 bridgehead atoms. The van der Waals surface area contributed by atoms with Crippen molar-refractivity contribution in [1.82, 2.24) is 23.9 Å². The Labute approximate surface area is 213 Å². The molecule has 2 N–H and O–H groups in total. The molecule has 1 aliphatic carbocycles. The number of methoxy groups -OCH3 is 1. The van der Waals surface area contributed by atoms with E-state index in [1.54, 1.807) is 13.3 Å². The number of carbonyl (C=O) groups excluding carboxylic acids is 1. The highest BCUT2D eigenvalue weighted by Crippen LogP contribution is 2.40. The number of imidazole rings is 1. The van der Waals surface area contributed by atoms with Crippen LogP contribution in [0.1, 0.15) is 23.1 Å². The van der Waals surface area contributed by atoms with Crippen molar-refractivity contribution in [2.75, 3.05) is 19.0 Å². The number of hydrogen-bond acceptors (Lipinski definition) is 7. The molecule has 0 saturated carbocycles. The Morgan fingerprint density at radius 1 is 1.27 bits per heavy atom. The summed E-state index contributed by atoms with van der Waals surface area (Å²) in [7, 11) is -2.70. The molecule has 0 fully saturated rings. The number of amides is 2. The second-order valence-corrected chi connectivity index (χ2v) is 10.9. The summed E-state index contributed by atoms with van der Waals surface area (Å²) in [6, 6.07) is 5.16. The molecule has 2 aliphatic rings. The number of rotatable bonds is 5. The number of aryl methyl sites for hydroxylation is 2. The molecule has 12 heteroatoms. The summed E-state index contributed by atoms with van der Waals surface area (Å²) in [6.45, 7) is 2.54. The van der Waals surface area contributed by atoms with Gasteiger partial charge in [-0.15, -0.1) is 0 Å². The van der Waals surface area contributed by atoms with E-state index < -0.39 is 16.1 Å². The average Bonchev–Trinajstić information content (AvgIpc) is 3.62. The number of hydrogen-bond donors (Lipinski definition) is 2. The molecule has 0 saturated heterocycles. The predicted octanol–water partition coefficient (Wildman–Crippen LogP) is 2.91. The van der Waals surface area contributed by atoms with E-state index in [0.717, 1.165) is 52.7 Å². The van der Waals surface area contributed by atoms with E-state index in [-0.39, 0.29) is 23.5 Å². The van der Waals surface area contributed by atoms with E-state index in [4.69, 9.17) is 9.47 Å². The Bertz CT molecular complexity index is 1640. The molecule has 0 radical (unpaired) electrons. The van der Waals surface area contributed by atoms with Crippen LogP contribution >= 0.6 is 0 Å². The van der Waals surface area contributed by atoms with Gasteiger partial charge in [0, 0.05) is 36.8 Å². The summed E-state index contributed by atoms with van der Waals surface area (Å²) in [5.74, 6) is 0.0828. The van der Waals surface area contributed by atoms with E-state index in [1.165, 1.54) is 10.9 Å². The average molecular weight is 523 g/mol. The molecule has 192 valence electrons. The Hall–Kier alpha value is -3.90. The predicted molar refractivity (Wildman–Crippen MR) is 135 cm³/mol. The summed E-state index contributed by atoms with van der Waals surface area (Å²) in [4.78, 5) is 17.3. The minimum Gasteiger partial charge on any atom is -0.474 e. The van der Waals surface area contributed by atoms with Gasteiger partial charge in [-0.1, -0.05) is 6.07 Å². The van der Waals surface area contributed by atoms with Crippen molar-refractivity contribution in [3.8, 4) is 17.0 Å². The van der Waals surface area contributed by atoms with Gasteiger partial charge >= 0.3 is 6.03 Å². The van der Waals surface area contributed by atoms with E-state index >= 15 is 0 Å². The first-order valence-corrected chi connectivity index (χ1v) is 13.5. The van der Waals surface area contributed by atoms with Crippen molar-refractivity contribution < 1.29 is 22.7 Å². The lowest BCUT2D eigenvalue weighted by Crippen LogP contribution is -2.36. The molecule has 4 aromatic rings. The molecular weight excluding hydrogens is 496 g/mol. The maximum Gasteiger partial charge on any atom is 0.333 e. The third-order valence-electron chi connectivity index (χ3n) is 6.91. The SMILES string of the molecule is COC1COc2c(S(=O)(=O)NC(=O)Nc3c4c(cc(C)c3-c3ccc5nccn5c3)CCC4)cnn2C1. The number of aromatic nitrogens is 4.